The number of benzene rings is 1. The predicted octanol–water partition coefficient (Wildman–Crippen LogP) is 2.25. The Morgan fingerprint density at radius 3 is 2.55 bits per heavy atom. The van der Waals surface area contributed by atoms with Crippen LogP contribution in [0.4, 0.5) is 0 Å². The fraction of sp³-hybridized carbons (Fsp3) is 0.640. The van der Waals surface area contributed by atoms with Crippen LogP contribution in [0.5, 0.6) is 0 Å². The third-order valence-electron chi connectivity index (χ3n) is 7.36. The smallest absolute Gasteiger partial charge is 0.244 e. The monoisotopic (exact) mass is 473 g/mol. The summed E-state index contributed by atoms with van der Waals surface area (Å²) in [7, 11) is 0. The zero-order chi connectivity index (χ0) is 23.6. The van der Waals surface area contributed by atoms with E-state index >= 15 is 0 Å². The normalized spacial score (nSPS) is 30.9. The minimum Gasteiger partial charge on any atom is -0.394 e. The van der Waals surface area contributed by atoms with Crippen LogP contribution in [0.1, 0.15) is 57.6 Å². The Morgan fingerprint density at radius 1 is 1.15 bits per heavy atom. The van der Waals surface area contributed by atoms with Gasteiger partial charge in [0.1, 0.15) is 6.04 Å². The molecule has 2 unspecified atom stereocenters. The molecule has 180 valence electrons. The number of amides is 3. The van der Waals surface area contributed by atoms with E-state index in [1.54, 1.807) is 16.7 Å². The van der Waals surface area contributed by atoms with E-state index in [-0.39, 0.29) is 29.6 Å². The highest BCUT2D eigenvalue weighted by atomic mass is 32.2. The van der Waals surface area contributed by atoms with Crippen LogP contribution in [0.2, 0.25) is 0 Å². The summed E-state index contributed by atoms with van der Waals surface area (Å²) in [6.45, 7) is 4.92. The molecule has 6 atom stereocenters. The van der Waals surface area contributed by atoms with Gasteiger partial charge in [0.25, 0.3) is 0 Å². The van der Waals surface area contributed by atoms with Crippen molar-refractivity contribution in [2.45, 2.75) is 68.0 Å². The lowest BCUT2D eigenvalue weighted by atomic mass is 9.70. The molecule has 3 aliphatic rings. The summed E-state index contributed by atoms with van der Waals surface area (Å²) in [6.07, 6.45) is 4.20. The number of rotatable bonds is 10. The van der Waals surface area contributed by atoms with Crippen molar-refractivity contribution in [2.24, 2.45) is 11.8 Å². The van der Waals surface area contributed by atoms with Crippen molar-refractivity contribution in [1.29, 1.82) is 0 Å². The molecule has 3 heterocycles. The first-order valence-electron chi connectivity index (χ1n) is 12.2. The van der Waals surface area contributed by atoms with Crippen LogP contribution in [0, 0.1) is 11.8 Å². The second kappa shape index (κ2) is 10.1. The molecule has 0 saturated carbocycles. The number of hydrogen-bond donors (Lipinski definition) is 3. The van der Waals surface area contributed by atoms with Crippen LogP contribution in [-0.4, -0.2) is 63.5 Å². The van der Waals surface area contributed by atoms with Crippen LogP contribution in [-0.2, 0) is 14.4 Å². The highest BCUT2D eigenvalue weighted by Gasteiger charge is 2.74. The number of fused-ring (bicyclic) bond motifs is 1. The molecule has 3 amide bonds. The highest BCUT2D eigenvalue weighted by Crippen LogP contribution is 2.67. The fourth-order valence-electron chi connectivity index (χ4n) is 5.91. The first-order chi connectivity index (χ1) is 16.0. The lowest BCUT2D eigenvalue weighted by molar-refractivity contribution is -0.143. The largest absolute Gasteiger partial charge is 0.394 e. The number of carbonyl (C=O) groups excluding carboxylic acids is 3. The van der Waals surface area contributed by atoms with Gasteiger partial charge in [-0.3, -0.25) is 14.4 Å². The van der Waals surface area contributed by atoms with E-state index in [0.717, 1.165) is 37.7 Å². The number of aliphatic hydroxyl groups excluding tert-OH is 1. The van der Waals surface area contributed by atoms with Crippen molar-refractivity contribution >= 4 is 29.5 Å². The summed E-state index contributed by atoms with van der Waals surface area (Å²) < 4.78 is -0.630. The van der Waals surface area contributed by atoms with Gasteiger partial charge in [0, 0.05) is 18.3 Å². The van der Waals surface area contributed by atoms with E-state index in [9.17, 15) is 19.5 Å². The van der Waals surface area contributed by atoms with Crippen molar-refractivity contribution < 1.29 is 19.5 Å². The molecular weight excluding hydrogens is 438 g/mol. The summed E-state index contributed by atoms with van der Waals surface area (Å²) in [4.78, 5) is 42.4. The van der Waals surface area contributed by atoms with Crippen LogP contribution in [0.3, 0.4) is 0 Å². The molecule has 2 bridgehead atoms. The summed E-state index contributed by atoms with van der Waals surface area (Å²) in [5.41, 5.74) is 0.794. The molecule has 0 radical (unpaired) electrons. The van der Waals surface area contributed by atoms with E-state index < -0.39 is 28.7 Å². The minimum absolute atomic E-state index is 0.0493. The van der Waals surface area contributed by atoms with Crippen molar-refractivity contribution in [3.8, 4) is 0 Å². The Bertz CT molecular complexity index is 882. The average Bonchev–Trinajstić information content (AvgIpc) is 3.47. The maximum Gasteiger partial charge on any atom is 0.244 e. The van der Waals surface area contributed by atoms with Crippen molar-refractivity contribution in [3.63, 3.8) is 0 Å². The molecule has 8 heteroatoms. The second-order valence-corrected chi connectivity index (χ2v) is 10.9. The summed E-state index contributed by atoms with van der Waals surface area (Å²) in [6, 6.07) is 8.05. The number of nitrogens with zero attached hydrogens (tertiary/aromatic N) is 1. The van der Waals surface area contributed by atoms with Gasteiger partial charge in [-0.05, 0) is 31.2 Å². The van der Waals surface area contributed by atoms with Crippen molar-refractivity contribution in [2.75, 3.05) is 19.7 Å². The Balaban J connectivity index is 1.73. The molecule has 3 fully saturated rings. The van der Waals surface area contributed by atoms with Gasteiger partial charge in [-0.25, -0.2) is 0 Å². The first-order valence-corrected chi connectivity index (χ1v) is 13.1. The molecule has 0 aromatic heterocycles. The van der Waals surface area contributed by atoms with Crippen LogP contribution in [0.15, 0.2) is 30.3 Å². The Hall–Kier alpha value is -2.06. The number of unbranched alkanes of at least 4 members (excludes halogenated alkanes) is 1. The number of likely N-dealkylation sites (tertiary alicyclic amines) is 1. The molecule has 3 N–H and O–H groups in total. The number of thioether (sulfide) groups is 1. The summed E-state index contributed by atoms with van der Waals surface area (Å²) >= 11 is 1.66. The molecule has 1 aromatic rings. The number of carbonyl (C=O) groups is 3. The standard InChI is InChI=1S/C25H35N3O4S/c1-3-5-14-27-23(31)21-25-12-11-18(33-25)19(22(30)26-13-4-2)20(25)24(32)28(21)17(15-29)16-9-7-6-8-10-16/h6-10,17-21,29H,3-5,11-15H2,1-2H3,(H,26,30)(H,27,31)/t17-,18-,19+,20+,21?,25?/m1/s1. The van der Waals surface area contributed by atoms with E-state index in [1.165, 1.54) is 0 Å². The summed E-state index contributed by atoms with van der Waals surface area (Å²) in [5, 5.41) is 16.5. The highest BCUT2D eigenvalue weighted by molar-refractivity contribution is 8.02. The Morgan fingerprint density at radius 2 is 1.88 bits per heavy atom. The van der Waals surface area contributed by atoms with Crippen molar-refractivity contribution in [3.05, 3.63) is 35.9 Å². The maximum absolute atomic E-state index is 14.0. The Labute approximate surface area is 200 Å². The van der Waals surface area contributed by atoms with Crippen molar-refractivity contribution in [1.82, 2.24) is 15.5 Å². The van der Waals surface area contributed by atoms with E-state index in [1.807, 2.05) is 37.3 Å². The lowest BCUT2D eigenvalue weighted by Crippen LogP contribution is -2.54. The topological polar surface area (TPSA) is 98.7 Å². The molecule has 4 rings (SSSR count). The number of nitrogens with one attached hydrogen (secondary N) is 2. The fourth-order valence-corrected chi connectivity index (χ4v) is 8.11. The van der Waals surface area contributed by atoms with Gasteiger partial charge in [-0.1, -0.05) is 50.6 Å². The van der Waals surface area contributed by atoms with Gasteiger partial charge in [-0.2, -0.15) is 0 Å². The maximum atomic E-state index is 14.0. The Kier molecular flexibility index (Phi) is 7.34. The molecule has 1 aromatic carbocycles. The second-order valence-electron chi connectivity index (χ2n) is 9.35. The van der Waals surface area contributed by atoms with Crippen LogP contribution < -0.4 is 10.6 Å². The van der Waals surface area contributed by atoms with Gasteiger partial charge in [0.05, 0.1) is 29.2 Å². The number of aliphatic hydroxyl groups is 1. The van der Waals surface area contributed by atoms with Gasteiger partial charge in [0.2, 0.25) is 17.7 Å². The lowest BCUT2D eigenvalue weighted by Gasteiger charge is -2.37. The van der Waals surface area contributed by atoms with Gasteiger partial charge < -0.3 is 20.6 Å². The molecule has 1 spiro atoms. The van der Waals surface area contributed by atoms with Crippen LogP contribution in [0.25, 0.3) is 0 Å². The van der Waals surface area contributed by atoms with Gasteiger partial charge in [0.15, 0.2) is 0 Å². The molecule has 0 aliphatic carbocycles. The molecule has 3 saturated heterocycles. The minimum atomic E-state index is -0.705. The molecule has 3 aliphatic heterocycles. The third-order valence-corrected chi connectivity index (χ3v) is 9.31. The van der Waals surface area contributed by atoms with E-state index in [0.29, 0.717) is 13.1 Å². The SMILES string of the molecule is CCCCNC(=O)C1N([C@H](CO)c2ccccc2)C(=O)[C@@H]2[C@@H](C(=O)NCCC)[C@H]3CCC12S3. The summed E-state index contributed by atoms with van der Waals surface area (Å²) in [5.74, 6) is -1.41. The zero-order valence-electron chi connectivity index (χ0n) is 19.5. The van der Waals surface area contributed by atoms with E-state index in [2.05, 4.69) is 17.6 Å². The van der Waals surface area contributed by atoms with Gasteiger partial charge >= 0.3 is 0 Å². The molecular formula is C25H35N3O4S. The average molecular weight is 474 g/mol. The predicted molar refractivity (Wildman–Crippen MR) is 128 cm³/mol. The van der Waals surface area contributed by atoms with Crippen LogP contribution >= 0.6 is 11.8 Å². The number of hydrogen-bond acceptors (Lipinski definition) is 5. The molecule has 33 heavy (non-hydrogen) atoms. The van der Waals surface area contributed by atoms with E-state index in [4.69, 9.17) is 0 Å². The first kappa shape index (κ1) is 24.1. The van der Waals surface area contributed by atoms with Gasteiger partial charge in [-0.15, -0.1) is 11.8 Å². The molecule has 7 nitrogen and oxygen atoms in total. The third kappa shape index (κ3) is 4.05. The zero-order valence-corrected chi connectivity index (χ0v) is 20.3. The quantitative estimate of drug-likeness (QED) is 0.453.